The van der Waals surface area contributed by atoms with Crippen molar-refractivity contribution in [3.63, 3.8) is 0 Å². The number of hydrogen-bond donors (Lipinski definition) is 2. The van der Waals surface area contributed by atoms with E-state index in [4.69, 9.17) is 10.2 Å². The first-order valence-electron chi connectivity index (χ1n) is 1.39. The maximum atomic E-state index is 10.9. The summed E-state index contributed by atoms with van der Waals surface area (Å²) < 4.78 is 10.9. The maximum Gasteiger partial charge on any atom is 0.157 e. The number of aliphatic hydroxyl groups is 2. The lowest BCUT2D eigenvalue weighted by molar-refractivity contribution is 0.312. The molecule has 0 atom stereocenters. The van der Waals surface area contributed by atoms with Crippen molar-refractivity contribution >= 4 is 0 Å². The number of aliphatic hydroxyl groups excluding tert-OH is 2. The predicted octanol–water partition coefficient (Wildman–Crippen LogP) is 0.913. The number of alkyl halides is 1. The molecule has 0 rings (SSSR count). The lowest BCUT2D eigenvalue weighted by atomic mass is 10.6. The minimum atomic E-state index is -1.00. The molecule has 3 heteroatoms. The molecule has 36 valence electrons. The molecule has 0 heterocycles. The summed E-state index contributed by atoms with van der Waals surface area (Å²) in [7, 11) is 0. The normalized spacial score (nSPS) is 11.8. The molecule has 0 aliphatic carbocycles. The fourth-order valence-corrected chi connectivity index (χ4v) is 0.0345. The van der Waals surface area contributed by atoms with Crippen molar-refractivity contribution in [2.45, 2.75) is 0 Å². The van der Waals surface area contributed by atoms with E-state index in [-0.39, 0.29) is 0 Å². The molecule has 6 heavy (non-hydrogen) atoms. The van der Waals surface area contributed by atoms with Crippen LogP contribution < -0.4 is 0 Å². The van der Waals surface area contributed by atoms with Crippen LogP contribution in [0.1, 0.15) is 0 Å². The van der Waals surface area contributed by atoms with Crippen molar-refractivity contribution in [2.24, 2.45) is 0 Å². The van der Waals surface area contributed by atoms with Gasteiger partial charge in [-0.15, -0.1) is 0 Å². The van der Waals surface area contributed by atoms with Gasteiger partial charge < -0.3 is 10.2 Å². The van der Waals surface area contributed by atoms with E-state index in [1.807, 2.05) is 0 Å². The van der Waals surface area contributed by atoms with Gasteiger partial charge in [0.1, 0.15) is 12.9 Å². The molecule has 0 unspecified atom stereocenters. The summed E-state index contributed by atoms with van der Waals surface area (Å²) >= 11 is 0. The van der Waals surface area contributed by atoms with E-state index in [0.717, 1.165) is 0 Å². The SMILES string of the molecule is O/C=C(/O)CF. The Bertz CT molecular complexity index is 59.8. The van der Waals surface area contributed by atoms with Crippen LogP contribution in [0.5, 0.6) is 0 Å². The van der Waals surface area contributed by atoms with E-state index < -0.39 is 12.4 Å². The molecule has 0 aromatic carbocycles. The molecule has 0 aromatic heterocycles. The van der Waals surface area contributed by atoms with Gasteiger partial charge in [-0.05, 0) is 0 Å². The third kappa shape index (κ3) is 1.58. The predicted molar refractivity (Wildman–Crippen MR) is 19.3 cm³/mol. The molecule has 0 fully saturated rings. The highest BCUT2D eigenvalue weighted by Crippen LogP contribution is 1.82. The second kappa shape index (κ2) is 2.50. The van der Waals surface area contributed by atoms with E-state index >= 15 is 0 Å². The summed E-state index contributed by atoms with van der Waals surface area (Å²) in [6, 6.07) is 0. The smallest absolute Gasteiger partial charge is 0.157 e. The Balaban J connectivity index is 3.22. The Hall–Kier alpha value is -0.730. The molecular weight excluding hydrogens is 87.0 g/mol. The molecule has 0 saturated heterocycles. The lowest BCUT2D eigenvalue weighted by Crippen LogP contribution is -1.79. The second-order valence-electron chi connectivity index (χ2n) is 0.754. The van der Waals surface area contributed by atoms with Gasteiger partial charge in [0, 0.05) is 0 Å². The Morgan fingerprint density at radius 2 is 2.33 bits per heavy atom. The summed E-state index contributed by atoms with van der Waals surface area (Å²) in [5.41, 5.74) is 0. The van der Waals surface area contributed by atoms with Crippen LogP contribution in [-0.4, -0.2) is 16.9 Å². The van der Waals surface area contributed by atoms with Gasteiger partial charge >= 0.3 is 0 Å². The van der Waals surface area contributed by atoms with Gasteiger partial charge in [0.15, 0.2) is 5.76 Å². The largest absolute Gasteiger partial charge is 0.512 e. The monoisotopic (exact) mass is 92.0 g/mol. The minimum Gasteiger partial charge on any atom is -0.512 e. The van der Waals surface area contributed by atoms with E-state index in [2.05, 4.69) is 0 Å². The van der Waals surface area contributed by atoms with E-state index in [1.54, 1.807) is 0 Å². The molecule has 2 nitrogen and oxygen atoms in total. The Morgan fingerprint density at radius 1 is 1.83 bits per heavy atom. The van der Waals surface area contributed by atoms with Crippen LogP contribution in [0, 0.1) is 0 Å². The summed E-state index contributed by atoms with van der Waals surface area (Å²) in [6.07, 6.45) is 0.319. The molecule has 0 aliphatic rings. The Morgan fingerprint density at radius 3 is 2.33 bits per heavy atom. The first-order valence-corrected chi connectivity index (χ1v) is 1.39. The van der Waals surface area contributed by atoms with Crippen LogP contribution in [0.15, 0.2) is 12.0 Å². The molecule has 0 saturated carbocycles. The summed E-state index contributed by atoms with van der Waals surface area (Å²) in [6.45, 7) is -1.00. The highest BCUT2D eigenvalue weighted by atomic mass is 19.1. The molecule has 0 amide bonds. The number of rotatable bonds is 1. The topological polar surface area (TPSA) is 40.5 Å². The first-order chi connectivity index (χ1) is 2.81. The number of halogens is 1. The van der Waals surface area contributed by atoms with Gasteiger partial charge in [-0.25, -0.2) is 4.39 Å². The molecule has 2 N–H and O–H groups in total. The Kier molecular flexibility index (Phi) is 2.20. The fourth-order valence-electron chi connectivity index (χ4n) is 0.0345. The van der Waals surface area contributed by atoms with Gasteiger partial charge in [0.2, 0.25) is 0 Å². The van der Waals surface area contributed by atoms with E-state index in [0.29, 0.717) is 6.26 Å². The van der Waals surface area contributed by atoms with Crippen molar-refractivity contribution in [3.05, 3.63) is 12.0 Å². The van der Waals surface area contributed by atoms with Crippen molar-refractivity contribution in [1.29, 1.82) is 0 Å². The van der Waals surface area contributed by atoms with Crippen molar-refractivity contribution < 1.29 is 14.6 Å². The van der Waals surface area contributed by atoms with Gasteiger partial charge in [0.25, 0.3) is 0 Å². The van der Waals surface area contributed by atoms with E-state index in [1.165, 1.54) is 0 Å². The van der Waals surface area contributed by atoms with E-state index in [9.17, 15) is 4.39 Å². The quantitative estimate of drug-likeness (QED) is 0.472. The summed E-state index contributed by atoms with van der Waals surface area (Å²) in [5, 5.41) is 15.6. The lowest BCUT2D eigenvalue weighted by Gasteiger charge is -1.81. The van der Waals surface area contributed by atoms with Gasteiger partial charge in [-0.2, -0.15) is 0 Å². The molecule has 0 aliphatic heterocycles. The number of hydrogen-bond acceptors (Lipinski definition) is 2. The molecule has 0 spiro atoms. The van der Waals surface area contributed by atoms with Crippen LogP contribution in [0.25, 0.3) is 0 Å². The van der Waals surface area contributed by atoms with Crippen molar-refractivity contribution in [1.82, 2.24) is 0 Å². The summed E-state index contributed by atoms with van der Waals surface area (Å²) in [4.78, 5) is 0. The third-order valence-corrected chi connectivity index (χ3v) is 0.286. The zero-order chi connectivity index (χ0) is 4.99. The average Bonchev–Trinajstić information content (AvgIpc) is 1.65. The molecule has 0 bridgehead atoms. The van der Waals surface area contributed by atoms with Crippen LogP contribution in [-0.2, 0) is 0 Å². The first kappa shape index (κ1) is 5.27. The molecule has 0 aromatic rings. The van der Waals surface area contributed by atoms with Gasteiger partial charge in [-0.1, -0.05) is 0 Å². The van der Waals surface area contributed by atoms with Crippen LogP contribution in [0.2, 0.25) is 0 Å². The molecule has 0 radical (unpaired) electrons. The number of allylic oxidation sites excluding steroid dienone is 1. The Labute approximate surface area is 34.5 Å². The van der Waals surface area contributed by atoms with Crippen LogP contribution in [0.3, 0.4) is 0 Å². The zero-order valence-electron chi connectivity index (χ0n) is 3.06. The van der Waals surface area contributed by atoms with Crippen molar-refractivity contribution in [2.75, 3.05) is 6.67 Å². The average molecular weight is 92.1 g/mol. The standard InChI is InChI=1S/C3H5FO2/c4-1-3(6)2-5/h2,5-6H,1H2/b3-2+. The van der Waals surface area contributed by atoms with Crippen molar-refractivity contribution in [3.8, 4) is 0 Å². The van der Waals surface area contributed by atoms with Crippen LogP contribution >= 0.6 is 0 Å². The molecular formula is C3H5FO2. The van der Waals surface area contributed by atoms with Gasteiger partial charge in [0.05, 0.1) is 0 Å². The third-order valence-electron chi connectivity index (χ3n) is 0.286. The maximum absolute atomic E-state index is 10.9. The van der Waals surface area contributed by atoms with Gasteiger partial charge in [-0.3, -0.25) is 0 Å². The highest BCUT2D eigenvalue weighted by molar-refractivity contribution is 4.81. The van der Waals surface area contributed by atoms with Crippen LogP contribution in [0.4, 0.5) is 4.39 Å². The fraction of sp³-hybridized carbons (Fsp3) is 0.333. The second-order valence-corrected chi connectivity index (χ2v) is 0.754. The summed E-state index contributed by atoms with van der Waals surface area (Å²) in [5.74, 6) is -0.644. The highest BCUT2D eigenvalue weighted by Gasteiger charge is 1.82. The zero-order valence-corrected chi connectivity index (χ0v) is 3.06. The minimum absolute atomic E-state index is 0.319.